The molecule has 3 heterocycles. The number of nitrogens with one attached hydrogen (secondary N) is 1. The molecule has 2 aromatic rings. The number of rotatable bonds is 1. The van der Waals surface area contributed by atoms with Crippen LogP contribution in [0.2, 0.25) is 0 Å². The molecule has 1 unspecified atom stereocenters. The molecule has 0 amide bonds. The highest BCUT2D eigenvalue weighted by molar-refractivity contribution is 5.83. The molecule has 2 heteroatoms. The van der Waals surface area contributed by atoms with Gasteiger partial charge in [0.2, 0.25) is 0 Å². The SMILES string of the molecule is C1=C(c2ccc3cc[nH]c3c2)CC2CCN1C2. The minimum atomic E-state index is 0.884. The molecular weight excluding hydrogens is 208 g/mol. The van der Waals surface area contributed by atoms with Gasteiger partial charge in [0.25, 0.3) is 0 Å². The lowest BCUT2D eigenvalue weighted by atomic mass is 9.92. The predicted octanol–water partition coefficient (Wildman–Crippen LogP) is 3.23. The van der Waals surface area contributed by atoms with Crippen LogP contribution in [-0.2, 0) is 0 Å². The maximum absolute atomic E-state index is 3.30. The molecule has 1 saturated heterocycles. The molecule has 86 valence electrons. The molecular formula is C15H16N2. The monoisotopic (exact) mass is 224 g/mol. The first kappa shape index (κ1) is 9.34. The number of nitrogens with zero attached hydrogens (tertiary/aromatic N) is 1. The van der Waals surface area contributed by atoms with Crippen LogP contribution in [0.15, 0.2) is 36.7 Å². The second-order valence-electron chi connectivity index (χ2n) is 5.29. The van der Waals surface area contributed by atoms with Crippen LogP contribution >= 0.6 is 0 Å². The minimum absolute atomic E-state index is 0.884. The Morgan fingerprint density at radius 3 is 3.18 bits per heavy atom. The van der Waals surface area contributed by atoms with Gasteiger partial charge in [-0.05, 0) is 47.4 Å². The Labute approximate surface area is 101 Å². The van der Waals surface area contributed by atoms with E-state index >= 15 is 0 Å². The molecule has 1 aromatic carbocycles. The average Bonchev–Trinajstić information content (AvgIpc) is 2.94. The lowest BCUT2D eigenvalue weighted by molar-refractivity contribution is 0.424. The van der Waals surface area contributed by atoms with E-state index in [1.165, 1.54) is 48.0 Å². The van der Waals surface area contributed by atoms with Gasteiger partial charge in [-0.3, -0.25) is 0 Å². The van der Waals surface area contributed by atoms with Crippen LogP contribution in [0.5, 0.6) is 0 Å². The van der Waals surface area contributed by atoms with E-state index in [4.69, 9.17) is 0 Å². The van der Waals surface area contributed by atoms with Gasteiger partial charge in [-0.15, -0.1) is 0 Å². The van der Waals surface area contributed by atoms with Crippen LogP contribution in [0.1, 0.15) is 18.4 Å². The van der Waals surface area contributed by atoms with Gasteiger partial charge in [-0.1, -0.05) is 12.1 Å². The van der Waals surface area contributed by atoms with Crippen molar-refractivity contribution in [3.05, 3.63) is 42.2 Å². The Balaban J connectivity index is 1.78. The fourth-order valence-electron chi connectivity index (χ4n) is 3.17. The molecule has 2 nitrogen and oxygen atoms in total. The van der Waals surface area contributed by atoms with Crippen molar-refractivity contribution in [2.45, 2.75) is 12.8 Å². The molecule has 1 atom stereocenters. The van der Waals surface area contributed by atoms with Crippen LogP contribution in [0.25, 0.3) is 16.5 Å². The van der Waals surface area contributed by atoms with Gasteiger partial charge < -0.3 is 9.88 Å². The Morgan fingerprint density at radius 1 is 1.24 bits per heavy atom. The number of aromatic nitrogens is 1. The molecule has 1 N–H and O–H groups in total. The maximum Gasteiger partial charge on any atom is 0.0460 e. The van der Waals surface area contributed by atoms with E-state index in [2.05, 4.69) is 40.3 Å². The average molecular weight is 224 g/mol. The highest BCUT2D eigenvalue weighted by Crippen LogP contribution is 2.35. The van der Waals surface area contributed by atoms with Crippen molar-refractivity contribution in [1.82, 2.24) is 9.88 Å². The van der Waals surface area contributed by atoms with Crippen molar-refractivity contribution in [2.24, 2.45) is 5.92 Å². The summed E-state index contributed by atoms with van der Waals surface area (Å²) in [6.45, 7) is 2.52. The number of hydrogen-bond donors (Lipinski definition) is 1. The minimum Gasteiger partial charge on any atom is -0.377 e. The molecule has 1 fully saturated rings. The Kier molecular flexibility index (Phi) is 1.87. The molecule has 1 aromatic heterocycles. The van der Waals surface area contributed by atoms with Gasteiger partial charge in [0.05, 0.1) is 0 Å². The normalized spacial score (nSPS) is 23.2. The number of benzene rings is 1. The summed E-state index contributed by atoms with van der Waals surface area (Å²) in [4.78, 5) is 5.77. The van der Waals surface area contributed by atoms with Crippen molar-refractivity contribution in [3.8, 4) is 0 Å². The van der Waals surface area contributed by atoms with E-state index in [-0.39, 0.29) is 0 Å². The first-order chi connectivity index (χ1) is 8.38. The van der Waals surface area contributed by atoms with Crippen LogP contribution in [0, 0.1) is 5.92 Å². The zero-order chi connectivity index (χ0) is 11.2. The molecule has 0 spiro atoms. The third-order valence-corrected chi connectivity index (χ3v) is 4.09. The van der Waals surface area contributed by atoms with E-state index in [1.54, 1.807) is 0 Å². The molecule has 2 aliphatic heterocycles. The highest BCUT2D eigenvalue weighted by Gasteiger charge is 2.26. The largest absolute Gasteiger partial charge is 0.377 e. The van der Waals surface area contributed by atoms with Crippen molar-refractivity contribution >= 4 is 16.5 Å². The van der Waals surface area contributed by atoms with E-state index in [0.717, 1.165) is 5.92 Å². The summed E-state index contributed by atoms with van der Waals surface area (Å²) in [5, 5.41) is 1.30. The number of allylic oxidation sites excluding steroid dienone is 1. The summed E-state index contributed by atoms with van der Waals surface area (Å²) >= 11 is 0. The summed E-state index contributed by atoms with van der Waals surface area (Å²) in [7, 11) is 0. The molecule has 0 aliphatic carbocycles. The first-order valence-corrected chi connectivity index (χ1v) is 6.41. The molecule has 0 saturated carbocycles. The second kappa shape index (κ2) is 3.39. The maximum atomic E-state index is 3.30. The number of fused-ring (bicyclic) bond motifs is 3. The smallest absolute Gasteiger partial charge is 0.0460 e. The molecule has 2 aliphatic rings. The quantitative estimate of drug-likeness (QED) is 0.788. The third kappa shape index (κ3) is 1.47. The van der Waals surface area contributed by atoms with Crippen molar-refractivity contribution < 1.29 is 0 Å². The zero-order valence-electron chi connectivity index (χ0n) is 9.82. The Bertz CT molecular complexity index is 594. The van der Waals surface area contributed by atoms with Crippen LogP contribution in [0.4, 0.5) is 0 Å². The molecule has 0 radical (unpaired) electrons. The van der Waals surface area contributed by atoms with Gasteiger partial charge in [0.1, 0.15) is 0 Å². The van der Waals surface area contributed by atoms with Crippen LogP contribution in [0.3, 0.4) is 0 Å². The lowest BCUT2D eigenvalue weighted by Gasteiger charge is -2.23. The topological polar surface area (TPSA) is 19.0 Å². The van der Waals surface area contributed by atoms with Gasteiger partial charge in [-0.2, -0.15) is 0 Å². The third-order valence-electron chi connectivity index (χ3n) is 4.09. The van der Waals surface area contributed by atoms with Crippen molar-refractivity contribution in [2.75, 3.05) is 13.1 Å². The fourth-order valence-corrected chi connectivity index (χ4v) is 3.17. The van der Waals surface area contributed by atoms with Gasteiger partial charge in [0, 0.05) is 31.0 Å². The van der Waals surface area contributed by atoms with Gasteiger partial charge >= 0.3 is 0 Å². The first-order valence-electron chi connectivity index (χ1n) is 6.41. The predicted molar refractivity (Wildman–Crippen MR) is 70.6 cm³/mol. The Morgan fingerprint density at radius 2 is 2.24 bits per heavy atom. The van der Waals surface area contributed by atoms with E-state index in [9.17, 15) is 0 Å². The summed E-state index contributed by atoms with van der Waals surface area (Å²) in [6.07, 6.45) is 7.00. The summed E-state index contributed by atoms with van der Waals surface area (Å²) < 4.78 is 0. The van der Waals surface area contributed by atoms with E-state index < -0.39 is 0 Å². The summed E-state index contributed by atoms with van der Waals surface area (Å²) in [5.41, 5.74) is 4.14. The van der Waals surface area contributed by atoms with E-state index in [1.807, 2.05) is 6.20 Å². The summed E-state index contributed by atoms with van der Waals surface area (Å²) in [6, 6.07) is 8.89. The van der Waals surface area contributed by atoms with Crippen LogP contribution < -0.4 is 0 Å². The number of H-pyrrole nitrogens is 1. The highest BCUT2D eigenvalue weighted by atomic mass is 15.1. The van der Waals surface area contributed by atoms with Gasteiger partial charge in [-0.25, -0.2) is 0 Å². The molecule has 4 rings (SSSR count). The molecule has 2 bridgehead atoms. The number of aromatic amines is 1. The molecule has 17 heavy (non-hydrogen) atoms. The van der Waals surface area contributed by atoms with Gasteiger partial charge in [0.15, 0.2) is 0 Å². The lowest BCUT2D eigenvalue weighted by Crippen LogP contribution is -2.18. The Hall–Kier alpha value is -1.70. The zero-order valence-corrected chi connectivity index (χ0v) is 9.82. The van der Waals surface area contributed by atoms with Crippen molar-refractivity contribution in [1.29, 1.82) is 0 Å². The fraction of sp³-hybridized carbons (Fsp3) is 0.333. The van der Waals surface area contributed by atoms with E-state index in [0.29, 0.717) is 0 Å². The van der Waals surface area contributed by atoms with Crippen molar-refractivity contribution in [3.63, 3.8) is 0 Å². The summed E-state index contributed by atoms with van der Waals surface area (Å²) in [5.74, 6) is 0.884. The second-order valence-corrected chi connectivity index (χ2v) is 5.29. The standard InChI is InChI=1S/C15H16N2/c1-2-13(8-15-12(1)3-5-16-15)14-7-11-4-6-17(9-11)10-14/h1-3,5,8,10-11,16H,4,6-7,9H2. The van der Waals surface area contributed by atoms with Crippen LogP contribution in [-0.4, -0.2) is 23.0 Å². The number of hydrogen-bond acceptors (Lipinski definition) is 1.